The third-order valence-electron chi connectivity index (χ3n) is 5.15. The zero-order valence-corrected chi connectivity index (χ0v) is 16.4. The Labute approximate surface area is 170 Å². The number of hydrogen-bond acceptors (Lipinski definition) is 4. The summed E-state index contributed by atoms with van der Waals surface area (Å²) >= 11 is 6.36. The zero-order valence-electron chi connectivity index (χ0n) is 15.6. The Kier molecular flexibility index (Phi) is 5.64. The molecule has 1 aliphatic carbocycles. The molecule has 2 heterocycles. The summed E-state index contributed by atoms with van der Waals surface area (Å²) in [5, 5.41) is 9.87. The molecule has 1 aromatic carbocycles. The van der Waals surface area contributed by atoms with Crippen LogP contribution in [0.4, 0.5) is 5.82 Å². The molecule has 5 heteroatoms. The molecule has 0 bridgehead atoms. The van der Waals surface area contributed by atoms with E-state index in [-0.39, 0.29) is 11.3 Å². The van der Waals surface area contributed by atoms with Crippen LogP contribution >= 0.6 is 11.6 Å². The Hall–Kier alpha value is -2.77. The number of benzene rings is 1. The molecule has 1 aliphatic heterocycles. The van der Waals surface area contributed by atoms with Crippen LogP contribution in [0.15, 0.2) is 54.6 Å². The monoisotopic (exact) mass is 391 g/mol. The average molecular weight is 392 g/mol. The van der Waals surface area contributed by atoms with E-state index >= 15 is 0 Å². The molecule has 0 amide bonds. The van der Waals surface area contributed by atoms with Crippen molar-refractivity contribution in [2.24, 2.45) is 0 Å². The number of anilines is 1. The van der Waals surface area contributed by atoms with Gasteiger partial charge in [-0.15, -0.1) is 0 Å². The van der Waals surface area contributed by atoms with E-state index in [2.05, 4.69) is 28.1 Å². The lowest BCUT2D eigenvalue weighted by molar-refractivity contribution is 0.251. The number of piperidine rings is 1. The first-order chi connectivity index (χ1) is 13.7. The van der Waals surface area contributed by atoms with E-state index in [9.17, 15) is 5.26 Å². The number of aromatic nitrogens is 1. The van der Waals surface area contributed by atoms with Crippen molar-refractivity contribution in [2.75, 3.05) is 18.0 Å². The van der Waals surface area contributed by atoms with Crippen LogP contribution in [0, 0.1) is 11.3 Å². The quantitative estimate of drug-likeness (QED) is 0.643. The van der Waals surface area contributed by atoms with Crippen molar-refractivity contribution in [3.63, 3.8) is 0 Å². The fraction of sp³-hybridized carbons (Fsp3) is 0.304. The Morgan fingerprint density at radius 1 is 1.11 bits per heavy atom. The van der Waals surface area contributed by atoms with Gasteiger partial charge >= 0.3 is 0 Å². The van der Waals surface area contributed by atoms with E-state index in [1.165, 1.54) is 6.42 Å². The van der Waals surface area contributed by atoms with Gasteiger partial charge in [0.2, 0.25) is 0 Å². The number of nitriles is 1. The highest BCUT2D eigenvalue weighted by Gasteiger charge is 2.18. The molecule has 0 radical (unpaired) electrons. The first kappa shape index (κ1) is 18.6. The molecular formula is C23H22ClN3O. The van der Waals surface area contributed by atoms with Crippen LogP contribution in [0.25, 0.3) is 11.1 Å². The second kappa shape index (κ2) is 8.50. The van der Waals surface area contributed by atoms with E-state index in [0.717, 1.165) is 55.0 Å². The standard InChI is InChI=1S/C23H22ClN3O/c24-23-21(16-25)20(15-22(26-23)27-13-5-2-6-14-27)17-9-11-19(12-10-17)28-18-7-3-1-4-8-18/h1,3-4,7,9-12,15,18H,2,5-6,8,13-14H2. The van der Waals surface area contributed by atoms with Gasteiger partial charge in [-0.1, -0.05) is 42.0 Å². The molecule has 0 N–H and O–H groups in total. The van der Waals surface area contributed by atoms with Crippen LogP contribution in [-0.2, 0) is 0 Å². The van der Waals surface area contributed by atoms with Crippen LogP contribution in [0.2, 0.25) is 5.15 Å². The van der Waals surface area contributed by atoms with Gasteiger partial charge in [0.05, 0.1) is 5.56 Å². The van der Waals surface area contributed by atoms with Gasteiger partial charge in [-0.05, 0) is 49.1 Å². The molecule has 4 nitrogen and oxygen atoms in total. The fourth-order valence-electron chi connectivity index (χ4n) is 3.65. The summed E-state index contributed by atoms with van der Waals surface area (Å²) in [6.45, 7) is 1.95. The van der Waals surface area contributed by atoms with Crippen LogP contribution in [-0.4, -0.2) is 24.2 Å². The van der Waals surface area contributed by atoms with Gasteiger partial charge in [-0.2, -0.15) is 5.26 Å². The Balaban J connectivity index is 1.61. The second-order valence-electron chi connectivity index (χ2n) is 7.08. The number of halogens is 1. The minimum atomic E-state index is 0.0617. The van der Waals surface area contributed by atoms with Gasteiger partial charge in [0.25, 0.3) is 0 Å². The van der Waals surface area contributed by atoms with Crippen molar-refractivity contribution in [1.82, 2.24) is 4.98 Å². The topological polar surface area (TPSA) is 49.1 Å². The molecule has 1 fully saturated rings. The fourth-order valence-corrected chi connectivity index (χ4v) is 3.88. The maximum atomic E-state index is 9.61. The number of nitrogens with zero attached hydrogens (tertiary/aromatic N) is 3. The van der Waals surface area contributed by atoms with Gasteiger partial charge in [-0.25, -0.2) is 4.98 Å². The van der Waals surface area contributed by atoms with E-state index in [0.29, 0.717) is 5.56 Å². The minimum absolute atomic E-state index is 0.0617. The number of rotatable bonds is 4. The Bertz CT molecular complexity index is 938. The highest BCUT2D eigenvalue weighted by Crippen LogP contribution is 2.33. The number of pyridine rings is 1. The lowest BCUT2D eigenvalue weighted by Gasteiger charge is -2.28. The molecule has 1 aromatic heterocycles. The second-order valence-corrected chi connectivity index (χ2v) is 7.44. The molecule has 1 unspecified atom stereocenters. The molecule has 142 valence electrons. The van der Waals surface area contributed by atoms with E-state index in [1.54, 1.807) is 0 Å². The zero-order chi connectivity index (χ0) is 19.3. The van der Waals surface area contributed by atoms with Crippen molar-refractivity contribution < 1.29 is 4.74 Å². The van der Waals surface area contributed by atoms with E-state index < -0.39 is 0 Å². The van der Waals surface area contributed by atoms with Crippen LogP contribution < -0.4 is 9.64 Å². The molecule has 1 atom stereocenters. The predicted octanol–water partition coefficient (Wildman–Crippen LogP) is 5.53. The molecule has 4 rings (SSSR count). The van der Waals surface area contributed by atoms with Crippen LogP contribution in [0.3, 0.4) is 0 Å². The molecule has 2 aromatic rings. The molecular weight excluding hydrogens is 370 g/mol. The highest BCUT2D eigenvalue weighted by molar-refractivity contribution is 6.31. The summed E-state index contributed by atoms with van der Waals surface area (Å²) in [5.41, 5.74) is 2.16. The lowest BCUT2D eigenvalue weighted by atomic mass is 10.0. The highest BCUT2D eigenvalue weighted by atomic mass is 35.5. The van der Waals surface area contributed by atoms with Crippen molar-refractivity contribution in [3.05, 3.63) is 65.4 Å². The molecule has 2 aliphatic rings. The summed E-state index contributed by atoms with van der Waals surface area (Å²) in [4.78, 5) is 6.73. The summed E-state index contributed by atoms with van der Waals surface area (Å²) in [6, 6.07) is 12.0. The maximum absolute atomic E-state index is 9.61. The van der Waals surface area contributed by atoms with Crippen molar-refractivity contribution >= 4 is 17.4 Å². The maximum Gasteiger partial charge on any atom is 0.149 e. The molecule has 0 spiro atoms. The predicted molar refractivity (Wildman–Crippen MR) is 113 cm³/mol. The first-order valence-electron chi connectivity index (χ1n) is 9.70. The third kappa shape index (κ3) is 4.05. The Morgan fingerprint density at radius 3 is 2.57 bits per heavy atom. The SMILES string of the molecule is N#Cc1c(-c2ccc(OC3C=CC=CC3)cc2)cc(N2CCCCC2)nc1Cl. The Morgan fingerprint density at radius 2 is 1.89 bits per heavy atom. The summed E-state index contributed by atoms with van der Waals surface area (Å²) in [5.74, 6) is 1.65. The largest absolute Gasteiger partial charge is 0.486 e. The van der Waals surface area contributed by atoms with Gasteiger partial charge in [-0.3, -0.25) is 0 Å². The molecule has 28 heavy (non-hydrogen) atoms. The smallest absolute Gasteiger partial charge is 0.149 e. The average Bonchev–Trinajstić information content (AvgIpc) is 2.75. The number of hydrogen-bond donors (Lipinski definition) is 0. The molecule has 0 saturated carbocycles. The van der Waals surface area contributed by atoms with Crippen LogP contribution in [0.1, 0.15) is 31.2 Å². The lowest BCUT2D eigenvalue weighted by Crippen LogP contribution is -2.30. The summed E-state index contributed by atoms with van der Waals surface area (Å²) < 4.78 is 6.00. The van der Waals surface area contributed by atoms with Gasteiger partial charge in [0.15, 0.2) is 0 Å². The summed E-state index contributed by atoms with van der Waals surface area (Å²) in [6.07, 6.45) is 12.7. The van der Waals surface area contributed by atoms with Gasteiger partial charge in [0.1, 0.15) is 28.9 Å². The van der Waals surface area contributed by atoms with Gasteiger partial charge < -0.3 is 9.64 Å². The van der Waals surface area contributed by atoms with E-state index in [4.69, 9.17) is 16.3 Å². The third-order valence-corrected chi connectivity index (χ3v) is 5.42. The summed E-state index contributed by atoms with van der Waals surface area (Å²) in [7, 11) is 0. The van der Waals surface area contributed by atoms with E-state index in [1.807, 2.05) is 42.5 Å². The number of allylic oxidation sites excluding steroid dienone is 2. The normalized spacial score (nSPS) is 18.7. The van der Waals surface area contributed by atoms with Crippen molar-refractivity contribution in [1.29, 1.82) is 5.26 Å². The van der Waals surface area contributed by atoms with Gasteiger partial charge in [0, 0.05) is 25.1 Å². The minimum Gasteiger partial charge on any atom is -0.486 e. The number of ether oxygens (including phenoxy) is 1. The van der Waals surface area contributed by atoms with Crippen molar-refractivity contribution in [3.8, 4) is 22.9 Å². The molecule has 1 saturated heterocycles. The van der Waals surface area contributed by atoms with Crippen molar-refractivity contribution in [2.45, 2.75) is 31.8 Å². The van der Waals surface area contributed by atoms with Crippen LogP contribution in [0.5, 0.6) is 5.75 Å². The first-order valence-corrected chi connectivity index (χ1v) is 10.1.